The van der Waals surface area contributed by atoms with Crippen LogP contribution in [0, 0.1) is 0 Å². The molecule has 0 unspecified atom stereocenters. The molecule has 1 N–H and O–H groups in total. The van der Waals surface area contributed by atoms with E-state index in [-0.39, 0.29) is 11.4 Å². The Hall–Kier alpha value is -1.15. The highest BCUT2D eigenvalue weighted by atomic mass is 79.9. The average molecular weight is 373 g/mol. The Labute approximate surface area is 133 Å². The molecule has 2 aromatic rings. The highest BCUT2D eigenvalue weighted by Gasteiger charge is 2.24. The van der Waals surface area contributed by atoms with Crippen molar-refractivity contribution in [2.75, 3.05) is 14.1 Å². The van der Waals surface area contributed by atoms with Gasteiger partial charge >= 0.3 is 0 Å². The van der Waals surface area contributed by atoms with Gasteiger partial charge < -0.3 is 9.73 Å². The lowest BCUT2D eigenvalue weighted by Gasteiger charge is -2.18. The van der Waals surface area contributed by atoms with Gasteiger partial charge in [-0.05, 0) is 46.7 Å². The number of halogens is 1. The molecule has 21 heavy (non-hydrogen) atoms. The van der Waals surface area contributed by atoms with Crippen LogP contribution >= 0.6 is 15.9 Å². The van der Waals surface area contributed by atoms with E-state index in [4.69, 9.17) is 4.42 Å². The second kappa shape index (κ2) is 6.74. The number of nitrogens with zero attached hydrogens (tertiary/aromatic N) is 1. The summed E-state index contributed by atoms with van der Waals surface area (Å²) in [6, 6.07) is 7.07. The van der Waals surface area contributed by atoms with E-state index in [9.17, 15) is 8.42 Å². The highest BCUT2D eigenvalue weighted by Crippen LogP contribution is 2.26. The molecule has 114 valence electrons. The van der Waals surface area contributed by atoms with Gasteiger partial charge in [0.25, 0.3) is 0 Å². The molecule has 5 nitrogen and oxygen atoms in total. The van der Waals surface area contributed by atoms with Gasteiger partial charge in [-0.25, -0.2) is 8.42 Å². The van der Waals surface area contributed by atoms with Gasteiger partial charge in [0, 0.05) is 30.2 Å². The summed E-state index contributed by atoms with van der Waals surface area (Å²) in [6.45, 7) is 0.878. The molecule has 1 aromatic heterocycles. The van der Waals surface area contributed by atoms with Crippen molar-refractivity contribution in [2.45, 2.75) is 18.0 Å². The van der Waals surface area contributed by atoms with E-state index in [1.807, 2.05) is 13.1 Å². The van der Waals surface area contributed by atoms with Crippen LogP contribution in [-0.2, 0) is 23.1 Å². The largest absolute Gasteiger partial charge is 0.472 e. The zero-order valence-electron chi connectivity index (χ0n) is 11.8. The molecule has 0 bridgehead atoms. The molecule has 0 saturated heterocycles. The van der Waals surface area contributed by atoms with E-state index < -0.39 is 10.0 Å². The fourth-order valence-electron chi connectivity index (χ4n) is 1.95. The Kier molecular flexibility index (Phi) is 5.21. The van der Waals surface area contributed by atoms with Crippen molar-refractivity contribution < 1.29 is 12.8 Å². The van der Waals surface area contributed by atoms with E-state index in [2.05, 4.69) is 21.2 Å². The zero-order chi connectivity index (χ0) is 15.5. The Balaban J connectivity index is 2.31. The molecule has 1 heterocycles. The Morgan fingerprint density at radius 2 is 2.05 bits per heavy atom. The number of furan rings is 1. The van der Waals surface area contributed by atoms with Crippen LogP contribution in [-0.4, -0.2) is 26.8 Å². The van der Waals surface area contributed by atoms with Gasteiger partial charge in [-0.2, -0.15) is 4.31 Å². The summed E-state index contributed by atoms with van der Waals surface area (Å²) < 4.78 is 32.2. The minimum Gasteiger partial charge on any atom is -0.472 e. The number of benzene rings is 1. The van der Waals surface area contributed by atoms with E-state index in [1.54, 1.807) is 31.5 Å². The lowest BCUT2D eigenvalue weighted by Crippen LogP contribution is -2.26. The third kappa shape index (κ3) is 3.74. The zero-order valence-corrected chi connectivity index (χ0v) is 14.2. The smallest absolute Gasteiger partial charge is 0.244 e. The standard InChI is InChI=1S/C14H17BrN2O3S/c1-16-8-11-3-4-13(15)14(7-11)21(18,19)17(2)9-12-5-6-20-10-12/h3-7,10,16H,8-9H2,1-2H3. The van der Waals surface area contributed by atoms with Gasteiger partial charge in [-0.1, -0.05) is 6.07 Å². The molecule has 0 atom stereocenters. The van der Waals surface area contributed by atoms with E-state index in [1.165, 1.54) is 10.6 Å². The summed E-state index contributed by atoms with van der Waals surface area (Å²) in [4.78, 5) is 0.265. The van der Waals surface area contributed by atoms with Gasteiger partial charge in [-0.3, -0.25) is 0 Å². The van der Waals surface area contributed by atoms with Crippen LogP contribution in [0.25, 0.3) is 0 Å². The maximum Gasteiger partial charge on any atom is 0.244 e. The Morgan fingerprint density at radius 1 is 1.29 bits per heavy atom. The van der Waals surface area contributed by atoms with Gasteiger partial charge in [0.15, 0.2) is 0 Å². The first-order valence-corrected chi connectivity index (χ1v) is 8.59. The summed E-state index contributed by atoms with van der Waals surface area (Å²) in [6.07, 6.45) is 3.07. The van der Waals surface area contributed by atoms with Crippen molar-refractivity contribution in [1.82, 2.24) is 9.62 Å². The number of sulfonamides is 1. The molecule has 0 spiro atoms. The molecule has 0 amide bonds. The van der Waals surface area contributed by atoms with Crippen molar-refractivity contribution in [1.29, 1.82) is 0 Å². The van der Waals surface area contributed by atoms with Crippen LogP contribution in [0.15, 0.2) is 50.6 Å². The number of hydrogen-bond acceptors (Lipinski definition) is 4. The summed E-state index contributed by atoms with van der Waals surface area (Å²) in [5.41, 5.74) is 1.72. The predicted molar refractivity (Wildman–Crippen MR) is 84.3 cm³/mol. The summed E-state index contributed by atoms with van der Waals surface area (Å²) in [5, 5.41) is 3.01. The third-order valence-corrected chi connectivity index (χ3v) is 5.85. The maximum absolute atomic E-state index is 12.7. The number of rotatable bonds is 6. The average Bonchev–Trinajstić information content (AvgIpc) is 2.94. The minimum atomic E-state index is -3.57. The van der Waals surface area contributed by atoms with E-state index in [0.717, 1.165) is 11.1 Å². The van der Waals surface area contributed by atoms with E-state index in [0.29, 0.717) is 11.0 Å². The van der Waals surface area contributed by atoms with Crippen molar-refractivity contribution in [3.8, 4) is 0 Å². The quantitative estimate of drug-likeness (QED) is 0.846. The molecule has 7 heteroatoms. The molecular formula is C14H17BrN2O3S. The van der Waals surface area contributed by atoms with Gasteiger partial charge in [0.1, 0.15) is 0 Å². The molecule has 2 rings (SSSR count). The van der Waals surface area contributed by atoms with Crippen LogP contribution in [0.4, 0.5) is 0 Å². The van der Waals surface area contributed by atoms with Crippen LogP contribution in [0.1, 0.15) is 11.1 Å². The highest BCUT2D eigenvalue weighted by molar-refractivity contribution is 9.10. The first kappa shape index (κ1) is 16.2. The lowest BCUT2D eigenvalue weighted by atomic mass is 10.2. The topological polar surface area (TPSA) is 62.6 Å². The summed E-state index contributed by atoms with van der Waals surface area (Å²) in [5.74, 6) is 0. The first-order valence-electron chi connectivity index (χ1n) is 6.35. The van der Waals surface area contributed by atoms with Gasteiger partial charge in [0.2, 0.25) is 10.0 Å². The lowest BCUT2D eigenvalue weighted by molar-refractivity contribution is 0.463. The molecule has 1 aromatic carbocycles. The SMILES string of the molecule is CNCc1ccc(Br)c(S(=O)(=O)N(C)Cc2ccoc2)c1. The van der Waals surface area contributed by atoms with Crippen molar-refractivity contribution in [2.24, 2.45) is 0 Å². The predicted octanol–water partition coefficient (Wildman–Crippen LogP) is 2.58. The maximum atomic E-state index is 12.7. The van der Waals surface area contributed by atoms with Crippen LogP contribution in [0.2, 0.25) is 0 Å². The fraction of sp³-hybridized carbons (Fsp3) is 0.286. The van der Waals surface area contributed by atoms with E-state index >= 15 is 0 Å². The second-order valence-electron chi connectivity index (χ2n) is 4.69. The Morgan fingerprint density at radius 3 is 2.67 bits per heavy atom. The number of nitrogens with one attached hydrogen (secondary N) is 1. The van der Waals surface area contributed by atoms with Gasteiger partial charge in [-0.15, -0.1) is 0 Å². The molecule has 0 radical (unpaired) electrons. The molecule has 0 fully saturated rings. The van der Waals surface area contributed by atoms with Crippen LogP contribution in [0.3, 0.4) is 0 Å². The molecule has 0 aliphatic heterocycles. The molecule has 0 aliphatic rings. The minimum absolute atomic E-state index is 0.265. The van der Waals surface area contributed by atoms with Crippen LogP contribution < -0.4 is 5.32 Å². The normalized spacial score (nSPS) is 12.0. The van der Waals surface area contributed by atoms with Crippen molar-refractivity contribution in [3.63, 3.8) is 0 Å². The summed E-state index contributed by atoms with van der Waals surface area (Å²) in [7, 11) is -0.194. The first-order chi connectivity index (χ1) is 9.95. The molecule has 0 aliphatic carbocycles. The van der Waals surface area contributed by atoms with Gasteiger partial charge in [0.05, 0.1) is 17.4 Å². The van der Waals surface area contributed by atoms with Crippen LogP contribution in [0.5, 0.6) is 0 Å². The monoisotopic (exact) mass is 372 g/mol. The fourth-order valence-corrected chi connectivity index (χ4v) is 4.08. The number of hydrogen-bond donors (Lipinski definition) is 1. The summed E-state index contributed by atoms with van der Waals surface area (Å²) >= 11 is 3.32. The Bertz CT molecular complexity index is 699. The molecular weight excluding hydrogens is 356 g/mol. The third-order valence-electron chi connectivity index (χ3n) is 3.05. The van der Waals surface area contributed by atoms with Crippen molar-refractivity contribution >= 4 is 26.0 Å². The molecule has 0 saturated carbocycles. The van der Waals surface area contributed by atoms with Crippen molar-refractivity contribution in [3.05, 3.63) is 52.4 Å². The second-order valence-corrected chi connectivity index (χ2v) is 7.56.